The van der Waals surface area contributed by atoms with Crippen LogP contribution in [0.25, 0.3) is 0 Å². The van der Waals surface area contributed by atoms with Crippen molar-refractivity contribution >= 4 is 23.7 Å². The molecule has 0 radical (unpaired) electrons. The third kappa shape index (κ3) is 11.4. The molecule has 2 unspecified atom stereocenters. The van der Waals surface area contributed by atoms with Crippen LogP contribution in [-0.2, 0) is 42.9 Å². The molecule has 0 spiro atoms. The molecule has 1 aliphatic carbocycles. The van der Waals surface area contributed by atoms with Crippen molar-refractivity contribution < 1.29 is 47.6 Å². The van der Waals surface area contributed by atoms with E-state index in [1.165, 1.54) is 13.8 Å². The number of unbranched alkanes of at least 4 members (excludes halogenated alkanes) is 1. The molecule has 42 heavy (non-hydrogen) atoms. The molecule has 2 fully saturated rings. The number of carbonyl (C=O) groups is 4. The average Bonchev–Trinajstić information content (AvgIpc) is 3.28. The van der Waals surface area contributed by atoms with Gasteiger partial charge in [-0.3, -0.25) is 14.4 Å². The van der Waals surface area contributed by atoms with E-state index in [-0.39, 0.29) is 49.1 Å². The Morgan fingerprint density at radius 2 is 1.69 bits per heavy atom. The minimum Gasteiger partial charge on any atom is -0.494 e. The Kier molecular flexibility index (Phi) is 14.3. The van der Waals surface area contributed by atoms with E-state index < -0.39 is 23.8 Å². The number of ketones is 1. The molecule has 10 heteroatoms. The smallest absolute Gasteiger partial charge is 0.374 e. The van der Waals surface area contributed by atoms with Crippen LogP contribution in [0.5, 0.6) is 5.75 Å². The van der Waals surface area contributed by atoms with Gasteiger partial charge in [-0.2, -0.15) is 0 Å². The van der Waals surface area contributed by atoms with Crippen molar-refractivity contribution in [3.8, 4) is 5.75 Å². The molecule has 10 nitrogen and oxygen atoms in total. The van der Waals surface area contributed by atoms with Crippen LogP contribution in [0, 0.1) is 11.8 Å². The van der Waals surface area contributed by atoms with Crippen LogP contribution in [0.2, 0.25) is 0 Å². The predicted molar refractivity (Wildman–Crippen MR) is 152 cm³/mol. The highest BCUT2D eigenvalue weighted by atomic mass is 16.7. The standard InChI is InChI=1S/C32H46O10/c1-22(33)40-25(16-18-28(35)32(36)37-3)15-17-27-26(13-7-9-19-38-24-11-5-4-6-12-24)30(21-29(27)41-23(2)34)42-31-14-8-10-20-39-31/h4-6,11-12,25-27,29-31H,7-10,13-21H2,1-3H3/t25?,26-,27-,29+,30-,31?/m1/s1. The number of hydrogen-bond donors (Lipinski definition) is 0. The van der Waals surface area contributed by atoms with Gasteiger partial charge in [-0.05, 0) is 75.8 Å². The van der Waals surface area contributed by atoms with E-state index in [1.807, 2.05) is 30.3 Å². The topological polar surface area (TPSA) is 124 Å². The minimum absolute atomic E-state index is 0.0353. The first kappa shape index (κ1) is 33.5. The summed E-state index contributed by atoms with van der Waals surface area (Å²) in [5, 5.41) is 0. The normalized spacial score (nSPS) is 24.4. The molecule has 1 aliphatic heterocycles. The molecule has 1 saturated carbocycles. The molecule has 2 aliphatic rings. The van der Waals surface area contributed by atoms with Gasteiger partial charge < -0.3 is 28.4 Å². The summed E-state index contributed by atoms with van der Waals surface area (Å²) in [4.78, 5) is 47.5. The molecule has 234 valence electrons. The monoisotopic (exact) mass is 590 g/mol. The van der Waals surface area contributed by atoms with Gasteiger partial charge in [-0.15, -0.1) is 0 Å². The second kappa shape index (κ2) is 17.9. The number of hydrogen-bond acceptors (Lipinski definition) is 10. The largest absolute Gasteiger partial charge is 0.494 e. The maximum absolute atomic E-state index is 12.1. The molecule has 0 N–H and O–H groups in total. The molecule has 0 aromatic heterocycles. The van der Waals surface area contributed by atoms with Crippen LogP contribution in [0.1, 0.15) is 84.5 Å². The van der Waals surface area contributed by atoms with Gasteiger partial charge >= 0.3 is 17.9 Å². The zero-order chi connectivity index (χ0) is 30.3. The Hall–Kier alpha value is -2.98. The summed E-state index contributed by atoms with van der Waals surface area (Å²) in [6.07, 6.45) is 5.89. The van der Waals surface area contributed by atoms with Gasteiger partial charge in [-0.1, -0.05) is 18.2 Å². The number of Topliss-reactive ketones (excluding diaryl/α,β-unsaturated/α-hetero) is 1. The Morgan fingerprint density at radius 3 is 2.36 bits per heavy atom. The molecule has 0 amide bonds. The fourth-order valence-corrected chi connectivity index (χ4v) is 6.02. The van der Waals surface area contributed by atoms with Gasteiger partial charge in [0.1, 0.15) is 18.0 Å². The molecular formula is C32H46O10. The zero-order valence-corrected chi connectivity index (χ0v) is 25.1. The SMILES string of the molecule is COC(=O)C(=O)CCC(CC[C@@H]1[C@@H](CCCCOc2ccccc2)[C@H](OC2CCCCO2)C[C@@H]1OC(C)=O)OC(C)=O. The lowest BCUT2D eigenvalue weighted by Crippen LogP contribution is -2.32. The number of ether oxygens (including phenoxy) is 6. The zero-order valence-electron chi connectivity index (χ0n) is 25.1. The van der Waals surface area contributed by atoms with E-state index in [1.54, 1.807) is 0 Å². The van der Waals surface area contributed by atoms with Gasteiger partial charge in [0.25, 0.3) is 0 Å². The number of carbonyl (C=O) groups excluding carboxylic acids is 4. The molecule has 1 heterocycles. The summed E-state index contributed by atoms with van der Waals surface area (Å²) in [7, 11) is 1.16. The van der Waals surface area contributed by atoms with Gasteiger partial charge in [0.05, 0.1) is 19.8 Å². The molecule has 6 atom stereocenters. The quantitative estimate of drug-likeness (QED) is 0.107. The Labute approximate surface area is 248 Å². The maximum atomic E-state index is 12.1. The molecule has 1 saturated heterocycles. The van der Waals surface area contributed by atoms with Crippen molar-refractivity contribution in [3.63, 3.8) is 0 Å². The van der Waals surface area contributed by atoms with E-state index >= 15 is 0 Å². The van der Waals surface area contributed by atoms with Crippen LogP contribution in [0.4, 0.5) is 0 Å². The maximum Gasteiger partial charge on any atom is 0.374 e. The highest BCUT2D eigenvalue weighted by molar-refractivity contribution is 6.33. The minimum atomic E-state index is -0.913. The van der Waals surface area contributed by atoms with Crippen LogP contribution >= 0.6 is 0 Å². The first-order chi connectivity index (χ1) is 20.3. The van der Waals surface area contributed by atoms with Gasteiger partial charge in [0.15, 0.2) is 6.29 Å². The van der Waals surface area contributed by atoms with Crippen LogP contribution in [-0.4, -0.2) is 68.6 Å². The second-order valence-electron chi connectivity index (χ2n) is 11.1. The second-order valence-corrected chi connectivity index (χ2v) is 11.1. The predicted octanol–water partition coefficient (Wildman–Crippen LogP) is 4.95. The Balaban J connectivity index is 1.68. The third-order valence-corrected chi connectivity index (χ3v) is 7.96. The van der Waals surface area contributed by atoms with Gasteiger partial charge in [-0.25, -0.2) is 4.79 Å². The lowest BCUT2D eigenvalue weighted by atomic mass is 9.84. The van der Waals surface area contributed by atoms with Crippen LogP contribution in [0.3, 0.4) is 0 Å². The molecule has 1 aromatic rings. The Bertz CT molecular complexity index is 990. The summed E-state index contributed by atoms with van der Waals surface area (Å²) in [5.41, 5.74) is 0. The lowest BCUT2D eigenvalue weighted by molar-refractivity contribution is -0.196. The highest BCUT2D eigenvalue weighted by Gasteiger charge is 2.46. The highest BCUT2D eigenvalue weighted by Crippen LogP contribution is 2.43. The molecular weight excluding hydrogens is 544 g/mol. The van der Waals surface area contributed by atoms with Crippen molar-refractivity contribution in [1.82, 2.24) is 0 Å². The van der Waals surface area contributed by atoms with E-state index in [0.29, 0.717) is 32.5 Å². The number of esters is 3. The van der Waals surface area contributed by atoms with Gasteiger partial charge in [0, 0.05) is 39.2 Å². The lowest BCUT2D eigenvalue weighted by Gasteiger charge is -2.31. The summed E-state index contributed by atoms with van der Waals surface area (Å²) >= 11 is 0. The number of rotatable bonds is 17. The fraction of sp³-hybridized carbons (Fsp3) is 0.688. The summed E-state index contributed by atoms with van der Waals surface area (Å²) in [6.45, 7) is 3.99. The molecule has 3 rings (SSSR count). The first-order valence-corrected chi connectivity index (χ1v) is 15.2. The first-order valence-electron chi connectivity index (χ1n) is 15.2. The molecule has 0 bridgehead atoms. The van der Waals surface area contributed by atoms with Crippen LogP contribution < -0.4 is 4.74 Å². The van der Waals surface area contributed by atoms with E-state index in [2.05, 4.69) is 4.74 Å². The summed E-state index contributed by atoms with van der Waals surface area (Å²) in [6, 6.07) is 9.70. The number of benzene rings is 1. The third-order valence-electron chi connectivity index (χ3n) is 7.96. The average molecular weight is 591 g/mol. The van der Waals surface area contributed by atoms with Crippen molar-refractivity contribution in [2.45, 2.75) is 109 Å². The van der Waals surface area contributed by atoms with E-state index in [9.17, 15) is 19.2 Å². The Morgan fingerprint density at radius 1 is 0.929 bits per heavy atom. The van der Waals surface area contributed by atoms with Crippen molar-refractivity contribution in [2.75, 3.05) is 20.3 Å². The van der Waals surface area contributed by atoms with Crippen molar-refractivity contribution in [3.05, 3.63) is 30.3 Å². The van der Waals surface area contributed by atoms with Crippen molar-refractivity contribution in [2.24, 2.45) is 11.8 Å². The molecule has 1 aromatic carbocycles. The van der Waals surface area contributed by atoms with Gasteiger partial charge in [0.2, 0.25) is 5.78 Å². The van der Waals surface area contributed by atoms with Crippen LogP contribution in [0.15, 0.2) is 30.3 Å². The number of para-hydroxylation sites is 1. The summed E-state index contributed by atoms with van der Waals surface area (Å²) < 4.78 is 34.1. The fourth-order valence-electron chi connectivity index (χ4n) is 6.02. The van der Waals surface area contributed by atoms with Crippen molar-refractivity contribution in [1.29, 1.82) is 0 Å². The van der Waals surface area contributed by atoms with E-state index in [4.69, 9.17) is 23.7 Å². The summed E-state index contributed by atoms with van der Waals surface area (Å²) in [5.74, 6) is -1.50. The number of methoxy groups -OCH3 is 1. The van der Waals surface area contributed by atoms with E-state index in [0.717, 1.165) is 51.4 Å².